The van der Waals surface area contributed by atoms with E-state index in [0.717, 1.165) is 31.5 Å². The maximum Gasteiger partial charge on any atom is 0.331 e. The maximum atomic E-state index is 12.0. The van der Waals surface area contributed by atoms with Crippen molar-refractivity contribution in [3.63, 3.8) is 0 Å². The molecule has 0 atom stereocenters. The van der Waals surface area contributed by atoms with Crippen LogP contribution in [0.25, 0.3) is 6.08 Å². The van der Waals surface area contributed by atoms with Gasteiger partial charge in [-0.05, 0) is 42.5 Å². The Labute approximate surface area is 148 Å². The van der Waals surface area contributed by atoms with E-state index in [1.807, 2.05) is 0 Å². The predicted octanol–water partition coefficient (Wildman–Crippen LogP) is 2.52. The fraction of sp³-hybridized carbons (Fsp3) is 0.474. The molecule has 0 unspecified atom stereocenters. The lowest BCUT2D eigenvalue weighted by Gasteiger charge is -2.30. The quantitative estimate of drug-likeness (QED) is 0.584. The van der Waals surface area contributed by atoms with Crippen LogP contribution in [-0.4, -0.2) is 50.7 Å². The second-order valence-electron chi connectivity index (χ2n) is 6.15. The third-order valence-corrected chi connectivity index (χ3v) is 4.26. The summed E-state index contributed by atoms with van der Waals surface area (Å²) >= 11 is 0. The van der Waals surface area contributed by atoms with Gasteiger partial charge in [0.05, 0.1) is 14.2 Å². The largest absolute Gasteiger partial charge is 0.497 e. The van der Waals surface area contributed by atoms with Crippen LogP contribution in [0.15, 0.2) is 24.3 Å². The van der Waals surface area contributed by atoms with Crippen molar-refractivity contribution >= 4 is 18.0 Å². The molecular formula is C19H25NO5. The van der Waals surface area contributed by atoms with Crippen molar-refractivity contribution in [3.8, 4) is 11.5 Å². The predicted molar refractivity (Wildman–Crippen MR) is 94.5 cm³/mol. The lowest BCUT2D eigenvalue weighted by atomic mass is 9.99. The SMILES string of the molecule is COc1cc(/C=C/C(=O)OCC(=O)N2CCC(C)CC2)cc(OC)c1. The van der Waals surface area contributed by atoms with Crippen LogP contribution in [0.3, 0.4) is 0 Å². The monoisotopic (exact) mass is 347 g/mol. The first-order valence-corrected chi connectivity index (χ1v) is 8.37. The summed E-state index contributed by atoms with van der Waals surface area (Å²) in [6, 6.07) is 5.28. The van der Waals surface area contributed by atoms with Crippen molar-refractivity contribution in [1.82, 2.24) is 4.90 Å². The van der Waals surface area contributed by atoms with Crippen molar-refractivity contribution in [2.45, 2.75) is 19.8 Å². The Morgan fingerprint density at radius 1 is 1.12 bits per heavy atom. The zero-order valence-electron chi connectivity index (χ0n) is 15.0. The molecule has 0 aliphatic carbocycles. The van der Waals surface area contributed by atoms with Crippen molar-refractivity contribution in [2.24, 2.45) is 5.92 Å². The summed E-state index contributed by atoms with van der Waals surface area (Å²) in [4.78, 5) is 25.6. The third kappa shape index (κ3) is 5.81. The van der Waals surface area contributed by atoms with Crippen LogP contribution in [0.2, 0.25) is 0 Å². The minimum atomic E-state index is -0.555. The molecule has 0 spiro atoms. The first kappa shape index (κ1) is 18.8. The molecule has 0 N–H and O–H groups in total. The smallest absolute Gasteiger partial charge is 0.331 e. The second kappa shape index (κ2) is 9.11. The molecular weight excluding hydrogens is 322 g/mol. The van der Waals surface area contributed by atoms with Crippen LogP contribution in [0.1, 0.15) is 25.3 Å². The van der Waals surface area contributed by atoms with Crippen molar-refractivity contribution in [3.05, 3.63) is 29.8 Å². The highest BCUT2D eigenvalue weighted by Crippen LogP contribution is 2.23. The van der Waals surface area contributed by atoms with Crippen LogP contribution in [-0.2, 0) is 14.3 Å². The Balaban J connectivity index is 1.85. The van der Waals surface area contributed by atoms with E-state index in [9.17, 15) is 9.59 Å². The fourth-order valence-corrected chi connectivity index (χ4v) is 2.62. The molecule has 0 radical (unpaired) electrons. The van der Waals surface area contributed by atoms with Crippen LogP contribution in [0.5, 0.6) is 11.5 Å². The van der Waals surface area contributed by atoms with E-state index in [1.165, 1.54) is 6.08 Å². The van der Waals surface area contributed by atoms with Gasteiger partial charge in [0.15, 0.2) is 6.61 Å². The van der Waals surface area contributed by atoms with E-state index in [4.69, 9.17) is 14.2 Å². The lowest BCUT2D eigenvalue weighted by Crippen LogP contribution is -2.40. The zero-order chi connectivity index (χ0) is 18.2. The van der Waals surface area contributed by atoms with Gasteiger partial charge in [-0.25, -0.2) is 4.79 Å². The van der Waals surface area contributed by atoms with Crippen LogP contribution >= 0.6 is 0 Å². The van der Waals surface area contributed by atoms with Gasteiger partial charge in [-0.15, -0.1) is 0 Å². The summed E-state index contributed by atoms with van der Waals surface area (Å²) in [7, 11) is 3.12. The Hall–Kier alpha value is -2.50. The number of carbonyl (C=O) groups excluding carboxylic acids is 2. The standard InChI is InChI=1S/C19H25NO5/c1-14-6-8-20(9-7-14)18(21)13-25-19(22)5-4-15-10-16(23-2)12-17(11-15)24-3/h4-5,10-12,14H,6-9,13H2,1-3H3/b5-4+. The van der Waals surface area contributed by atoms with Gasteiger partial charge >= 0.3 is 5.97 Å². The number of carbonyl (C=O) groups is 2. The highest BCUT2D eigenvalue weighted by molar-refractivity contribution is 5.89. The van der Waals surface area contributed by atoms with Gasteiger partial charge in [0.2, 0.25) is 0 Å². The summed E-state index contributed by atoms with van der Waals surface area (Å²) in [5, 5.41) is 0. The van der Waals surface area contributed by atoms with Gasteiger partial charge in [0.25, 0.3) is 5.91 Å². The average molecular weight is 347 g/mol. The summed E-state index contributed by atoms with van der Waals surface area (Å²) in [6.07, 6.45) is 4.88. The topological polar surface area (TPSA) is 65.1 Å². The Kier molecular flexibility index (Phi) is 6.86. The summed E-state index contributed by atoms with van der Waals surface area (Å²) < 4.78 is 15.4. The number of hydrogen-bond donors (Lipinski definition) is 0. The van der Waals surface area contributed by atoms with Crippen molar-refractivity contribution < 1.29 is 23.8 Å². The van der Waals surface area contributed by atoms with E-state index >= 15 is 0 Å². The summed E-state index contributed by atoms with van der Waals surface area (Å²) in [6.45, 7) is 3.42. The number of nitrogens with zero attached hydrogens (tertiary/aromatic N) is 1. The molecule has 136 valence electrons. The average Bonchev–Trinajstić information content (AvgIpc) is 2.64. The highest BCUT2D eigenvalue weighted by atomic mass is 16.5. The molecule has 1 fully saturated rings. The summed E-state index contributed by atoms with van der Waals surface area (Å²) in [5.74, 6) is 1.20. The van der Waals surface area contributed by atoms with Crippen LogP contribution < -0.4 is 9.47 Å². The highest BCUT2D eigenvalue weighted by Gasteiger charge is 2.20. The number of esters is 1. The van der Waals surface area contributed by atoms with E-state index in [1.54, 1.807) is 43.4 Å². The van der Waals surface area contributed by atoms with Crippen LogP contribution in [0.4, 0.5) is 0 Å². The first-order chi connectivity index (χ1) is 12.0. The van der Waals surface area contributed by atoms with Gasteiger partial charge in [0.1, 0.15) is 11.5 Å². The molecule has 1 heterocycles. The molecule has 0 saturated carbocycles. The number of ether oxygens (including phenoxy) is 3. The Morgan fingerprint density at radius 2 is 1.72 bits per heavy atom. The van der Waals surface area contributed by atoms with Crippen molar-refractivity contribution in [1.29, 1.82) is 0 Å². The molecule has 6 nitrogen and oxygen atoms in total. The van der Waals surface area contributed by atoms with Gasteiger partial charge in [-0.2, -0.15) is 0 Å². The number of piperidine rings is 1. The number of rotatable bonds is 6. The second-order valence-corrected chi connectivity index (χ2v) is 6.15. The van der Waals surface area contributed by atoms with E-state index in [2.05, 4.69) is 6.92 Å². The maximum absolute atomic E-state index is 12.0. The molecule has 0 aromatic heterocycles. The van der Waals surface area contributed by atoms with E-state index < -0.39 is 5.97 Å². The van der Waals surface area contributed by atoms with Gasteiger partial charge in [-0.1, -0.05) is 6.92 Å². The number of likely N-dealkylation sites (tertiary alicyclic amines) is 1. The number of amides is 1. The normalized spacial score (nSPS) is 15.2. The first-order valence-electron chi connectivity index (χ1n) is 8.37. The Morgan fingerprint density at radius 3 is 2.28 bits per heavy atom. The number of methoxy groups -OCH3 is 2. The molecule has 2 rings (SSSR count). The molecule has 1 saturated heterocycles. The zero-order valence-corrected chi connectivity index (χ0v) is 15.0. The van der Waals surface area contributed by atoms with Gasteiger partial charge in [0, 0.05) is 25.2 Å². The van der Waals surface area contributed by atoms with Crippen LogP contribution in [0, 0.1) is 5.92 Å². The number of hydrogen-bond acceptors (Lipinski definition) is 5. The van der Waals surface area contributed by atoms with E-state index in [-0.39, 0.29) is 12.5 Å². The molecule has 1 aliphatic rings. The van der Waals surface area contributed by atoms with Gasteiger partial charge < -0.3 is 19.1 Å². The number of benzene rings is 1. The molecule has 1 aromatic rings. The van der Waals surface area contributed by atoms with Gasteiger partial charge in [-0.3, -0.25) is 4.79 Å². The fourth-order valence-electron chi connectivity index (χ4n) is 2.62. The van der Waals surface area contributed by atoms with E-state index in [0.29, 0.717) is 17.4 Å². The molecule has 0 bridgehead atoms. The minimum Gasteiger partial charge on any atom is -0.497 e. The molecule has 1 aromatic carbocycles. The Bertz CT molecular complexity index is 610. The third-order valence-electron chi connectivity index (χ3n) is 4.26. The van der Waals surface area contributed by atoms with Crippen molar-refractivity contribution in [2.75, 3.05) is 33.9 Å². The molecule has 1 aliphatic heterocycles. The lowest BCUT2D eigenvalue weighted by molar-refractivity contribution is -0.148. The minimum absolute atomic E-state index is 0.142. The summed E-state index contributed by atoms with van der Waals surface area (Å²) in [5.41, 5.74) is 0.740. The molecule has 25 heavy (non-hydrogen) atoms. The molecule has 1 amide bonds. The molecule has 6 heteroatoms.